The second-order valence-corrected chi connectivity index (χ2v) is 4.90. The van der Waals surface area contributed by atoms with E-state index in [4.69, 9.17) is 0 Å². The molecule has 0 fully saturated rings. The summed E-state index contributed by atoms with van der Waals surface area (Å²) < 4.78 is 96.0. The molecule has 0 radical (unpaired) electrons. The molecule has 2 N–H and O–H groups in total. The Morgan fingerprint density at radius 2 is 1.58 bits per heavy atom. The van der Waals surface area contributed by atoms with Crippen molar-refractivity contribution in [1.29, 1.82) is 0 Å². The van der Waals surface area contributed by atoms with Crippen molar-refractivity contribution in [1.82, 2.24) is 0 Å². The maximum atomic E-state index is 12.5. The zero-order valence-electron chi connectivity index (χ0n) is 9.38. The van der Waals surface area contributed by atoms with Crippen LogP contribution >= 0.6 is 0 Å². The molecule has 0 unspecified atom stereocenters. The fraction of sp³-hybridized carbons (Fsp3) is 0.143. The summed E-state index contributed by atoms with van der Waals surface area (Å²) in [6, 6.07) is 0.178. The average molecular weight is 331 g/mol. The number of hydrogen-bond acceptors (Lipinski definition) is 2. The Morgan fingerprint density at radius 3 is 1.89 bits per heavy atom. The summed E-state index contributed by atoms with van der Waals surface area (Å²) in [4.78, 5) is -1.39. The molecule has 12 heteroatoms. The molecule has 0 aliphatic rings. The molecule has 0 atom stereocenters. The SMILES string of the molecule is NS(=O)(=O)c1ccc([B-](F)(F)F)cc1C(F)(F)F.[K+]. The van der Waals surface area contributed by atoms with Gasteiger partial charge in [-0.2, -0.15) is 13.2 Å². The van der Waals surface area contributed by atoms with Crippen LogP contribution in [0.1, 0.15) is 5.56 Å². The number of hydrogen-bond donors (Lipinski definition) is 1. The van der Waals surface area contributed by atoms with Crippen molar-refractivity contribution < 1.29 is 85.9 Å². The van der Waals surface area contributed by atoms with Crippen molar-refractivity contribution in [3.63, 3.8) is 0 Å². The molecule has 0 heterocycles. The minimum absolute atomic E-state index is 0. The molecule has 0 bridgehead atoms. The minimum atomic E-state index is -5.67. The smallest absolute Gasteiger partial charge is 0.445 e. The Morgan fingerprint density at radius 1 is 1.11 bits per heavy atom. The van der Waals surface area contributed by atoms with Gasteiger partial charge in [-0.05, 0) is 6.07 Å². The predicted octanol–water partition coefficient (Wildman–Crippen LogP) is -1.59. The number of rotatable bonds is 2. The van der Waals surface area contributed by atoms with Crippen LogP contribution in [-0.4, -0.2) is 15.4 Å². The maximum Gasteiger partial charge on any atom is 1.00 e. The topological polar surface area (TPSA) is 60.2 Å². The van der Waals surface area contributed by atoms with Crippen LogP contribution in [0.5, 0.6) is 0 Å². The Balaban J connectivity index is 0.00000324. The summed E-state index contributed by atoms with van der Waals surface area (Å²) in [6.07, 6.45) is -5.25. The second kappa shape index (κ2) is 6.03. The molecule has 0 amide bonds. The molecule has 1 rings (SSSR count). The maximum absolute atomic E-state index is 12.5. The van der Waals surface area contributed by atoms with Crippen molar-refractivity contribution in [2.45, 2.75) is 11.1 Å². The standard InChI is InChI=1S/C7H5BF6NO2S.K/c9-7(10,11)5-3-4(8(12,13)14)1-2-6(5)18(15,16)17;/h1-3H,(H2,15,16,17);/q-1;+1. The van der Waals surface area contributed by atoms with Crippen LogP contribution in [-0.2, 0) is 16.2 Å². The molecule has 0 saturated heterocycles. The van der Waals surface area contributed by atoms with Crippen LogP contribution in [0, 0.1) is 0 Å². The second-order valence-electron chi connectivity index (χ2n) is 3.37. The Kier molecular flexibility index (Phi) is 6.17. The largest absolute Gasteiger partial charge is 1.00 e. The van der Waals surface area contributed by atoms with Crippen molar-refractivity contribution in [3.8, 4) is 0 Å². The van der Waals surface area contributed by atoms with Crippen LogP contribution in [0.15, 0.2) is 23.1 Å². The van der Waals surface area contributed by atoms with Gasteiger partial charge < -0.3 is 12.9 Å². The summed E-state index contributed by atoms with van der Waals surface area (Å²) in [7, 11) is -4.76. The molecule has 0 aromatic heterocycles. The van der Waals surface area contributed by atoms with Gasteiger partial charge in [0, 0.05) is 0 Å². The van der Waals surface area contributed by atoms with Crippen molar-refractivity contribution in [3.05, 3.63) is 23.8 Å². The first-order valence-corrected chi connectivity index (χ1v) is 5.82. The van der Waals surface area contributed by atoms with Crippen LogP contribution in [0.3, 0.4) is 0 Å². The third kappa shape index (κ3) is 5.03. The van der Waals surface area contributed by atoms with E-state index in [0.717, 1.165) is 0 Å². The van der Waals surface area contributed by atoms with Crippen LogP contribution in [0.25, 0.3) is 0 Å². The average Bonchev–Trinajstić information content (AvgIpc) is 2.12. The van der Waals surface area contributed by atoms with Crippen LogP contribution in [0.2, 0.25) is 0 Å². The van der Waals surface area contributed by atoms with Gasteiger partial charge in [-0.25, -0.2) is 13.6 Å². The van der Waals surface area contributed by atoms with E-state index in [1.54, 1.807) is 0 Å². The number of alkyl halides is 3. The van der Waals surface area contributed by atoms with Gasteiger partial charge in [-0.1, -0.05) is 12.1 Å². The number of sulfonamides is 1. The van der Waals surface area contributed by atoms with Crippen LogP contribution in [0.4, 0.5) is 26.1 Å². The summed E-state index contributed by atoms with van der Waals surface area (Å²) in [5.74, 6) is 0. The molecule has 19 heavy (non-hydrogen) atoms. The van der Waals surface area contributed by atoms with E-state index in [1.807, 2.05) is 0 Å². The first-order chi connectivity index (χ1) is 7.83. The van der Waals surface area contributed by atoms with Crippen molar-refractivity contribution >= 4 is 22.5 Å². The third-order valence-electron chi connectivity index (χ3n) is 1.99. The van der Waals surface area contributed by atoms with Crippen molar-refractivity contribution in [2.75, 3.05) is 0 Å². The van der Waals surface area contributed by atoms with E-state index in [-0.39, 0.29) is 69.6 Å². The first kappa shape index (κ1) is 19.4. The molecule has 0 saturated carbocycles. The molecule has 0 spiro atoms. The summed E-state index contributed by atoms with van der Waals surface area (Å²) in [6.45, 7) is -5.67. The molecule has 0 aliphatic carbocycles. The van der Waals surface area contributed by atoms with E-state index in [9.17, 15) is 34.5 Å². The molecule has 0 aliphatic heterocycles. The number of primary sulfonamides is 1. The fourth-order valence-electron chi connectivity index (χ4n) is 1.22. The molecule has 3 nitrogen and oxygen atoms in total. The molecule has 102 valence electrons. The molecule has 1 aromatic carbocycles. The quantitative estimate of drug-likeness (QED) is 0.525. The summed E-state index contributed by atoms with van der Waals surface area (Å²) >= 11 is 0. The van der Waals surface area contributed by atoms with Crippen molar-refractivity contribution in [2.24, 2.45) is 5.14 Å². The van der Waals surface area contributed by atoms with Gasteiger partial charge in [0.1, 0.15) is 0 Å². The van der Waals surface area contributed by atoms with E-state index < -0.39 is 39.1 Å². The van der Waals surface area contributed by atoms with E-state index in [2.05, 4.69) is 5.14 Å². The number of nitrogens with two attached hydrogens (primary N) is 1. The molecule has 1 aromatic rings. The van der Waals surface area contributed by atoms with Gasteiger partial charge in [-0.3, -0.25) is 0 Å². The summed E-state index contributed by atoms with van der Waals surface area (Å²) in [5, 5.41) is 4.51. The normalized spacial score (nSPS) is 13.0. The van der Waals surface area contributed by atoms with Gasteiger partial charge >= 0.3 is 64.5 Å². The van der Waals surface area contributed by atoms with E-state index in [1.165, 1.54) is 0 Å². The Labute approximate surface area is 147 Å². The van der Waals surface area contributed by atoms with Gasteiger partial charge in [0.15, 0.2) is 0 Å². The zero-order valence-corrected chi connectivity index (χ0v) is 13.3. The van der Waals surface area contributed by atoms with Crippen LogP contribution < -0.4 is 62.0 Å². The van der Waals surface area contributed by atoms with E-state index in [0.29, 0.717) is 0 Å². The molecular formula is C7H5BF6KNO2S. The Bertz CT molecular complexity index is 570. The number of benzene rings is 1. The predicted molar refractivity (Wildman–Crippen MR) is 51.5 cm³/mol. The minimum Gasteiger partial charge on any atom is -0.445 e. The van der Waals surface area contributed by atoms with Gasteiger partial charge in [0.05, 0.1) is 10.5 Å². The first-order valence-electron chi connectivity index (χ1n) is 4.27. The Hall–Kier alpha value is 0.411. The van der Waals surface area contributed by atoms with Gasteiger partial charge in [0.2, 0.25) is 10.0 Å². The third-order valence-corrected chi connectivity index (χ3v) is 2.96. The number of halogens is 6. The fourth-order valence-corrected chi connectivity index (χ4v) is 1.96. The molecular weight excluding hydrogens is 326 g/mol. The van der Waals surface area contributed by atoms with E-state index >= 15 is 0 Å². The monoisotopic (exact) mass is 331 g/mol. The zero-order chi connectivity index (χ0) is 14.4. The van der Waals surface area contributed by atoms with Gasteiger partial charge in [-0.15, -0.1) is 5.46 Å². The van der Waals surface area contributed by atoms with Gasteiger partial charge in [0.25, 0.3) is 0 Å². The summed E-state index contributed by atoms with van der Waals surface area (Å²) in [5.41, 5.74) is -3.48.